The Labute approximate surface area is 77.9 Å². The van der Waals surface area contributed by atoms with Crippen LogP contribution in [-0.4, -0.2) is 26.3 Å². The molecule has 13 heavy (non-hydrogen) atoms. The van der Waals surface area contributed by atoms with Crippen molar-refractivity contribution in [1.29, 1.82) is 0 Å². The highest BCUT2D eigenvalue weighted by atomic mass is 16.5. The Morgan fingerprint density at radius 1 is 1.38 bits per heavy atom. The topological polar surface area (TPSA) is 43.4 Å². The first-order valence-corrected chi connectivity index (χ1v) is 4.03. The molecule has 1 aromatic rings. The average molecular weight is 182 g/mol. The minimum absolute atomic E-state index is 0.516. The SMILES string of the molecule is CNCc1cnc(OC)c(OC)c1. The Balaban J connectivity index is 2.91. The molecule has 1 aromatic heterocycles. The zero-order valence-corrected chi connectivity index (χ0v) is 8.13. The van der Waals surface area contributed by atoms with Crippen LogP contribution in [0.2, 0.25) is 0 Å². The fraction of sp³-hybridized carbons (Fsp3) is 0.444. The van der Waals surface area contributed by atoms with E-state index in [-0.39, 0.29) is 0 Å². The molecular formula is C9H14N2O2. The summed E-state index contributed by atoms with van der Waals surface area (Å²) in [6, 6.07) is 1.91. The van der Waals surface area contributed by atoms with Crippen molar-refractivity contribution >= 4 is 0 Å². The predicted molar refractivity (Wildman–Crippen MR) is 50.1 cm³/mol. The van der Waals surface area contributed by atoms with E-state index < -0.39 is 0 Å². The van der Waals surface area contributed by atoms with Gasteiger partial charge >= 0.3 is 0 Å². The molecule has 0 atom stereocenters. The van der Waals surface area contributed by atoms with Crippen LogP contribution in [0.15, 0.2) is 12.3 Å². The van der Waals surface area contributed by atoms with Gasteiger partial charge in [-0.1, -0.05) is 0 Å². The fourth-order valence-corrected chi connectivity index (χ4v) is 1.07. The lowest BCUT2D eigenvalue weighted by Crippen LogP contribution is -2.06. The number of methoxy groups -OCH3 is 2. The highest BCUT2D eigenvalue weighted by Crippen LogP contribution is 2.24. The molecule has 0 unspecified atom stereocenters. The van der Waals surface area contributed by atoms with E-state index in [2.05, 4.69) is 10.3 Å². The third-order valence-corrected chi connectivity index (χ3v) is 1.67. The third kappa shape index (κ3) is 2.32. The van der Waals surface area contributed by atoms with Gasteiger partial charge < -0.3 is 14.8 Å². The Morgan fingerprint density at radius 3 is 2.69 bits per heavy atom. The maximum atomic E-state index is 5.11. The Bertz CT molecular complexity index is 276. The smallest absolute Gasteiger partial charge is 0.256 e. The summed E-state index contributed by atoms with van der Waals surface area (Å²) in [5.41, 5.74) is 1.07. The maximum absolute atomic E-state index is 5.11. The summed E-state index contributed by atoms with van der Waals surface area (Å²) in [6.45, 7) is 0.771. The quantitative estimate of drug-likeness (QED) is 0.748. The number of hydrogen-bond acceptors (Lipinski definition) is 4. The van der Waals surface area contributed by atoms with Gasteiger partial charge in [0.1, 0.15) is 0 Å². The van der Waals surface area contributed by atoms with Gasteiger partial charge in [0.2, 0.25) is 0 Å². The molecule has 0 bridgehead atoms. The van der Waals surface area contributed by atoms with Gasteiger partial charge in [0.25, 0.3) is 5.88 Å². The van der Waals surface area contributed by atoms with Crippen LogP contribution in [-0.2, 0) is 6.54 Å². The van der Waals surface area contributed by atoms with Gasteiger partial charge in [0.15, 0.2) is 5.75 Å². The summed E-state index contributed by atoms with van der Waals surface area (Å²) in [6.07, 6.45) is 1.76. The minimum Gasteiger partial charge on any atom is -0.491 e. The number of pyridine rings is 1. The summed E-state index contributed by atoms with van der Waals surface area (Å²) >= 11 is 0. The van der Waals surface area contributed by atoms with Crippen LogP contribution >= 0.6 is 0 Å². The second kappa shape index (κ2) is 4.67. The summed E-state index contributed by atoms with van der Waals surface area (Å²) in [5, 5.41) is 3.04. The minimum atomic E-state index is 0.516. The molecule has 1 rings (SSSR count). The van der Waals surface area contributed by atoms with Crippen molar-refractivity contribution in [1.82, 2.24) is 10.3 Å². The normalized spacial score (nSPS) is 9.77. The van der Waals surface area contributed by atoms with Gasteiger partial charge in [-0.05, 0) is 18.7 Å². The van der Waals surface area contributed by atoms with E-state index in [1.807, 2.05) is 13.1 Å². The molecule has 0 aliphatic heterocycles. The number of aromatic nitrogens is 1. The second-order valence-electron chi connectivity index (χ2n) is 2.59. The second-order valence-corrected chi connectivity index (χ2v) is 2.59. The first-order valence-electron chi connectivity index (χ1n) is 4.03. The van der Waals surface area contributed by atoms with Gasteiger partial charge in [0.05, 0.1) is 14.2 Å². The van der Waals surface area contributed by atoms with Crippen molar-refractivity contribution in [2.24, 2.45) is 0 Å². The number of hydrogen-bond donors (Lipinski definition) is 1. The van der Waals surface area contributed by atoms with E-state index in [0.717, 1.165) is 12.1 Å². The van der Waals surface area contributed by atoms with Crippen molar-refractivity contribution in [2.75, 3.05) is 21.3 Å². The summed E-state index contributed by atoms with van der Waals surface area (Å²) in [4.78, 5) is 4.10. The first-order chi connectivity index (χ1) is 6.31. The van der Waals surface area contributed by atoms with E-state index in [0.29, 0.717) is 11.6 Å². The summed E-state index contributed by atoms with van der Waals surface area (Å²) in [7, 11) is 5.06. The van der Waals surface area contributed by atoms with Crippen LogP contribution in [0.5, 0.6) is 11.6 Å². The Kier molecular flexibility index (Phi) is 3.52. The number of nitrogens with one attached hydrogen (secondary N) is 1. The van der Waals surface area contributed by atoms with Gasteiger partial charge in [-0.25, -0.2) is 4.98 Å². The fourth-order valence-electron chi connectivity index (χ4n) is 1.07. The molecule has 0 spiro atoms. The van der Waals surface area contributed by atoms with Crippen LogP contribution in [0.1, 0.15) is 5.56 Å². The summed E-state index contributed by atoms with van der Waals surface area (Å²) in [5.74, 6) is 1.18. The van der Waals surface area contributed by atoms with Crippen LogP contribution in [0, 0.1) is 0 Å². The van der Waals surface area contributed by atoms with E-state index in [1.165, 1.54) is 0 Å². The number of nitrogens with zero attached hydrogens (tertiary/aromatic N) is 1. The largest absolute Gasteiger partial charge is 0.491 e. The lowest BCUT2D eigenvalue weighted by molar-refractivity contribution is 0.342. The van der Waals surface area contributed by atoms with Crippen molar-refractivity contribution < 1.29 is 9.47 Å². The molecule has 1 N–H and O–H groups in total. The van der Waals surface area contributed by atoms with Crippen LogP contribution in [0.3, 0.4) is 0 Å². The lowest BCUT2D eigenvalue weighted by atomic mass is 10.3. The summed E-state index contributed by atoms with van der Waals surface area (Å²) < 4.78 is 10.1. The van der Waals surface area contributed by atoms with Gasteiger partial charge in [0, 0.05) is 12.7 Å². The molecule has 0 saturated carbocycles. The molecule has 0 aromatic carbocycles. The zero-order chi connectivity index (χ0) is 9.68. The maximum Gasteiger partial charge on any atom is 0.256 e. The molecule has 0 radical (unpaired) electrons. The van der Waals surface area contributed by atoms with Crippen LogP contribution in [0.25, 0.3) is 0 Å². The van der Waals surface area contributed by atoms with Gasteiger partial charge in [-0.15, -0.1) is 0 Å². The first kappa shape index (κ1) is 9.80. The van der Waals surface area contributed by atoms with E-state index in [1.54, 1.807) is 20.4 Å². The van der Waals surface area contributed by atoms with Crippen molar-refractivity contribution in [3.8, 4) is 11.6 Å². The number of rotatable bonds is 4. The van der Waals surface area contributed by atoms with Crippen molar-refractivity contribution in [3.05, 3.63) is 17.8 Å². The molecule has 72 valence electrons. The molecular weight excluding hydrogens is 168 g/mol. The Hall–Kier alpha value is -1.29. The van der Waals surface area contributed by atoms with Crippen LogP contribution in [0.4, 0.5) is 0 Å². The van der Waals surface area contributed by atoms with Crippen LogP contribution < -0.4 is 14.8 Å². The standard InChI is InChI=1S/C9H14N2O2/c1-10-5-7-4-8(12-2)9(13-3)11-6-7/h4,6,10H,5H2,1-3H3. The molecule has 0 aliphatic rings. The highest BCUT2D eigenvalue weighted by Gasteiger charge is 2.04. The molecule has 4 heteroatoms. The van der Waals surface area contributed by atoms with E-state index in [9.17, 15) is 0 Å². The highest BCUT2D eigenvalue weighted by molar-refractivity contribution is 5.36. The predicted octanol–water partition coefficient (Wildman–Crippen LogP) is 0.818. The van der Waals surface area contributed by atoms with Crippen molar-refractivity contribution in [3.63, 3.8) is 0 Å². The van der Waals surface area contributed by atoms with Crippen molar-refractivity contribution in [2.45, 2.75) is 6.54 Å². The molecule has 4 nitrogen and oxygen atoms in total. The van der Waals surface area contributed by atoms with E-state index >= 15 is 0 Å². The molecule has 1 heterocycles. The van der Waals surface area contributed by atoms with E-state index in [4.69, 9.17) is 9.47 Å². The molecule has 0 amide bonds. The van der Waals surface area contributed by atoms with Gasteiger partial charge in [-0.2, -0.15) is 0 Å². The monoisotopic (exact) mass is 182 g/mol. The molecule has 0 saturated heterocycles. The molecule has 0 fully saturated rings. The Morgan fingerprint density at radius 2 is 2.15 bits per heavy atom. The molecule has 0 aliphatic carbocycles. The number of ether oxygens (including phenoxy) is 2. The van der Waals surface area contributed by atoms with Gasteiger partial charge in [-0.3, -0.25) is 0 Å². The third-order valence-electron chi connectivity index (χ3n) is 1.67. The average Bonchev–Trinajstić information content (AvgIpc) is 2.18. The zero-order valence-electron chi connectivity index (χ0n) is 8.13. The lowest BCUT2D eigenvalue weighted by Gasteiger charge is -2.07.